The lowest BCUT2D eigenvalue weighted by molar-refractivity contribution is -0.142. The summed E-state index contributed by atoms with van der Waals surface area (Å²) < 4.78 is 18.8. The van der Waals surface area contributed by atoms with Crippen molar-refractivity contribution in [2.45, 2.75) is 32.9 Å². The molecule has 0 saturated carbocycles. The number of carbonyl (C=O) groups is 2. The van der Waals surface area contributed by atoms with E-state index in [2.05, 4.69) is 5.32 Å². The van der Waals surface area contributed by atoms with Gasteiger partial charge in [-0.1, -0.05) is 30.7 Å². The lowest BCUT2D eigenvalue weighted by atomic mass is 10.1. The molecule has 0 spiro atoms. The van der Waals surface area contributed by atoms with Crippen molar-refractivity contribution < 1.29 is 18.7 Å². The molecule has 28 heavy (non-hydrogen) atoms. The summed E-state index contributed by atoms with van der Waals surface area (Å²) in [7, 11) is 0. The highest BCUT2D eigenvalue weighted by molar-refractivity contribution is 6.30. The van der Waals surface area contributed by atoms with Crippen LogP contribution in [-0.2, 0) is 16.1 Å². The number of ether oxygens (including phenoxy) is 1. The van der Waals surface area contributed by atoms with Crippen molar-refractivity contribution in [3.05, 3.63) is 64.9 Å². The molecule has 1 atom stereocenters. The van der Waals surface area contributed by atoms with Crippen LogP contribution >= 0.6 is 11.6 Å². The Balaban J connectivity index is 2.16. The van der Waals surface area contributed by atoms with Gasteiger partial charge in [-0.15, -0.1) is 0 Å². The Bertz CT molecular complexity index is 781. The zero-order valence-corrected chi connectivity index (χ0v) is 16.7. The maximum absolute atomic E-state index is 13.2. The van der Waals surface area contributed by atoms with Gasteiger partial charge in [-0.2, -0.15) is 0 Å². The van der Waals surface area contributed by atoms with Crippen LogP contribution in [0.15, 0.2) is 48.5 Å². The topological polar surface area (TPSA) is 58.6 Å². The van der Waals surface area contributed by atoms with Crippen LogP contribution < -0.4 is 10.1 Å². The van der Waals surface area contributed by atoms with E-state index in [1.807, 2.05) is 13.8 Å². The summed E-state index contributed by atoms with van der Waals surface area (Å²) in [4.78, 5) is 26.8. The average molecular weight is 407 g/mol. The van der Waals surface area contributed by atoms with E-state index in [9.17, 15) is 14.0 Å². The third-order valence-corrected chi connectivity index (χ3v) is 4.43. The first-order chi connectivity index (χ1) is 13.4. The molecule has 0 aliphatic heterocycles. The molecule has 2 aromatic carbocycles. The molecule has 2 aromatic rings. The molecule has 1 unspecified atom stereocenters. The van der Waals surface area contributed by atoms with E-state index in [1.165, 1.54) is 17.0 Å². The number of benzene rings is 2. The van der Waals surface area contributed by atoms with Crippen molar-refractivity contribution in [1.29, 1.82) is 0 Å². The predicted molar refractivity (Wildman–Crippen MR) is 107 cm³/mol. The van der Waals surface area contributed by atoms with Crippen molar-refractivity contribution in [2.75, 3.05) is 13.2 Å². The van der Waals surface area contributed by atoms with Crippen LogP contribution in [0.1, 0.15) is 25.8 Å². The van der Waals surface area contributed by atoms with Crippen molar-refractivity contribution in [2.24, 2.45) is 0 Å². The normalized spacial score (nSPS) is 11.6. The summed E-state index contributed by atoms with van der Waals surface area (Å²) in [5, 5.41) is 3.33. The second-order valence-corrected chi connectivity index (χ2v) is 6.65. The monoisotopic (exact) mass is 406 g/mol. The van der Waals surface area contributed by atoms with Gasteiger partial charge in [0.15, 0.2) is 6.61 Å². The molecule has 2 amide bonds. The third kappa shape index (κ3) is 6.23. The summed E-state index contributed by atoms with van der Waals surface area (Å²) in [5.74, 6) is -0.418. The van der Waals surface area contributed by atoms with Gasteiger partial charge in [0.2, 0.25) is 5.91 Å². The van der Waals surface area contributed by atoms with E-state index in [0.717, 1.165) is 5.56 Å². The highest BCUT2D eigenvalue weighted by atomic mass is 35.5. The highest BCUT2D eigenvalue weighted by Crippen LogP contribution is 2.17. The van der Waals surface area contributed by atoms with Gasteiger partial charge in [0.05, 0.1) is 0 Å². The minimum absolute atomic E-state index is 0.179. The van der Waals surface area contributed by atoms with Gasteiger partial charge in [0.25, 0.3) is 5.91 Å². The number of hydrogen-bond acceptors (Lipinski definition) is 3. The first kappa shape index (κ1) is 21.7. The Kier molecular flexibility index (Phi) is 8.26. The minimum Gasteiger partial charge on any atom is -0.484 e. The molecule has 150 valence electrons. The fraction of sp³-hybridized carbons (Fsp3) is 0.333. The fourth-order valence-corrected chi connectivity index (χ4v) is 2.88. The lowest BCUT2D eigenvalue weighted by Crippen LogP contribution is -2.50. The van der Waals surface area contributed by atoms with Gasteiger partial charge >= 0.3 is 0 Å². The summed E-state index contributed by atoms with van der Waals surface area (Å²) in [5.41, 5.74) is 0.726. The Morgan fingerprint density at radius 3 is 2.32 bits per heavy atom. The van der Waals surface area contributed by atoms with E-state index in [4.69, 9.17) is 16.3 Å². The van der Waals surface area contributed by atoms with Crippen LogP contribution in [0, 0.1) is 5.82 Å². The molecular formula is C21H24ClFN2O3. The maximum Gasteiger partial charge on any atom is 0.261 e. The summed E-state index contributed by atoms with van der Waals surface area (Å²) >= 11 is 5.85. The van der Waals surface area contributed by atoms with Gasteiger partial charge < -0.3 is 15.0 Å². The Hall–Kier alpha value is -2.60. The Labute approximate surface area is 169 Å². The molecule has 5 nitrogen and oxygen atoms in total. The summed E-state index contributed by atoms with van der Waals surface area (Å²) in [6, 6.07) is 11.9. The Morgan fingerprint density at radius 1 is 1.11 bits per heavy atom. The maximum atomic E-state index is 13.2. The predicted octanol–water partition coefficient (Wildman–Crippen LogP) is 3.80. The number of nitrogens with zero attached hydrogens (tertiary/aromatic N) is 1. The second kappa shape index (κ2) is 10.7. The van der Waals surface area contributed by atoms with Crippen LogP contribution in [0.5, 0.6) is 5.75 Å². The van der Waals surface area contributed by atoms with Gasteiger partial charge in [0, 0.05) is 18.1 Å². The van der Waals surface area contributed by atoms with Crippen molar-refractivity contribution in [3.63, 3.8) is 0 Å². The van der Waals surface area contributed by atoms with Crippen LogP contribution in [0.2, 0.25) is 5.02 Å². The molecular weight excluding hydrogens is 383 g/mol. The summed E-state index contributed by atoms with van der Waals surface area (Å²) in [6.45, 7) is 4.08. The molecule has 7 heteroatoms. The van der Waals surface area contributed by atoms with Gasteiger partial charge in [0.1, 0.15) is 17.6 Å². The van der Waals surface area contributed by atoms with Crippen LogP contribution in [-0.4, -0.2) is 35.9 Å². The number of amides is 2. The number of nitrogens with one attached hydrogen (secondary N) is 1. The van der Waals surface area contributed by atoms with Crippen molar-refractivity contribution >= 4 is 23.4 Å². The fourth-order valence-electron chi connectivity index (χ4n) is 2.76. The number of carbonyl (C=O) groups excluding carboxylic acids is 2. The molecule has 2 rings (SSSR count). The van der Waals surface area contributed by atoms with Gasteiger partial charge in [-0.3, -0.25) is 9.59 Å². The first-order valence-electron chi connectivity index (χ1n) is 9.14. The third-order valence-electron chi connectivity index (χ3n) is 4.18. The molecule has 1 N–H and O–H groups in total. The first-order valence-corrected chi connectivity index (χ1v) is 9.52. The smallest absolute Gasteiger partial charge is 0.261 e. The van der Waals surface area contributed by atoms with Gasteiger partial charge in [-0.25, -0.2) is 4.39 Å². The SMILES string of the molecule is CCNC(=O)C(CC)N(Cc1ccc(F)cc1)C(=O)COc1ccc(Cl)cc1. The van der Waals surface area contributed by atoms with Crippen LogP contribution in [0.3, 0.4) is 0 Å². The molecule has 0 aliphatic rings. The van der Waals surface area contributed by atoms with E-state index in [1.54, 1.807) is 36.4 Å². The molecule has 0 radical (unpaired) electrons. The molecule has 0 fully saturated rings. The minimum atomic E-state index is -0.647. The lowest BCUT2D eigenvalue weighted by Gasteiger charge is -2.30. The Morgan fingerprint density at radius 2 is 1.75 bits per heavy atom. The van der Waals surface area contributed by atoms with Gasteiger partial charge in [-0.05, 0) is 55.3 Å². The van der Waals surface area contributed by atoms with E-state index in [-0.39, 0.29) is 30.8 Å². The van der Waals surface area contributed by atoms with E-state index >= 15 is 0 Å². The van der Waals surface area contributed by atoms with Crippen molar-refractivity contribution in [3.8, 4) is 5.75 Å². The standard InChI is InChI=1S/C21H24ClFN2O3/c1-3-19(21(27)24-4-2)25(13-15-5-9-17(23)10-6-15)20(26)14-28-18-11-7-16(22)8-12-18/h5-12,19H,3-4,13-14H2,1-2H3,(H,24,27). The molecule has 0 saturated heterocycles. The highest BCUT2D eigenvalue weighted by Gasteiger charge is 2.28. The second-order valence-electron chi connectivity index (χ2n) is 6.21. The molecule has 0 bridgehead atoms. The van der Waals surface area contributed by atoms with Crippen LogP contribution in [0.4, 0.5) is 4.39 Å². The quantitative estimate of drug-likeness (QED) is 0.689. The number of likely N-dealkylation sites (N-methyl/N-ethyl adjacent to an activating group) is 1. The average Bonchev–Trinajstić information content (AvgIpc) is 2.69. The van der Waals surface area contributed by atoms with Crippen molar-refractivity contribution in [1.82, 2.24) is 10.2 Å². The largest absolute Gasteiger partial charge is 0.484 e. The zero-order chi connectivity index (χ0) is 20.5. The van der Waals surface area contributed by atoms with E-state index in [0.29, 0.717) is 23.7 Å². The number of halogens is 2. The number of hydrogen-bond donors (Lipinski definition) is 1. The molecule has 0 aromatic heterocycles. The summed E-state index contributed by atoms with van der Waals surface area (Å²) in [6.07, 6.45) is 0.444. The molecule has 0 aliphatic carbocycles. The van der Waals surface area contributed by atoms with Crippen LogP contribution in [0.25, 0.3) is 0 Å². The number of rotatable bonds is 9. The van der Waals surface area contributed by atoms with E-state index < -0.39 is 6.04 Å². The zero-order valence-electron chi connectivity index (χ0n) is 16.0. The molecule has 0 heterocycles.